The fourth-order valence-electron chi connectivity index (χ4n) is 2.70. The van der Waals surface area contributed by atoms with E-state index in [1.807, 2.05) is 62.9 Å². The van der Waals surface area contributed by atoms with Crippen molar-refractivity contribution in [2.24, 2.45) is 5.41 Å². The minimum absolute atomic E-state index is 0.105. The van der Waals surface area contributed by atoms with Gasteiger partial charge in [0.15, 0.2) is 0 Å². The van der Waals surface area contributed by atoms with Crippen LogP contribution >= 0.6 is 0 Å². The molecule has 25 heavy (non-hydrogen) atoms. The molecule has 1 aromatic carbocycles. The van der Waals surface area contributed by atoms with E-state index in [9.17, 15) is 9.59 Å². The van der Waals surface area contributed by atoms with Gasteiger partial charge in [-0.15, -0.1) is 0 Å². The molecule has 0 aliphatic carbocycles. The molecule has 1 heterocycles. The molecule has 1 unspecified atom stereocenters. The van der Waals surface area contributed by atoms with Crippen molar-refractivity contribution < 1.29 is 14.3 Å². The third-order valence-electron chi connectivity index (χ3n) is 4.12. The summed E-state index contributed by atoms with van der Waals surface area (Å²) < 4.78 is 5.75. The maximum Gasteiger partial charge on any atom is 0.317 e. The summed E-state index contributed by atoms with van der Waals surface area (Å²) in [4.78, 5) is 28.1. The number of ether oxygens (including phenoxy) is 1. The number of nitrogens with zero attached hydrogens (tertiary/aromatic N) is 2. The molecular weight excluding hydrogens is 318 g/mol. The van der Waals surface area contributed by atoms with Gasteiger partial charge >= 0.3 is 6.03 Å². The van der Waals surface area contributed by atoms with E-state index in [2.05, 4.69) is 5.32 Å². The van der Waals surface area contributed by atoms with Crippen LogP contribution in [0.3, 0.4) is 0 Å². The predicted octanol–water partition coefficient (Wildman–Crippen LogP) is 2.35. The second kappa shape index (κ2) is 8.23. The number of rotatable bonds is 4. The number of para-hydroxylation sites is 1. The molecule has 1 aliphatic heterocycles. The smallest absolute Gasteiger partial charge is 0.317 e. The van der Waals surface area contributed by atoms with Gasteiger partial charge in [0.05, 0.1) is 6.54 Å². The minimum Gasteiger partial charge on any atom is -0.489 e. The lowest BCUT2D eigenvalue weighted by molar-refractivity contribution is -0.140. The molecule has 0 spiro atoms. The molecule has 1 aliphatic rings. The zero-order valence-electron chi connectivity index (χ0n) is 15.6. The predicted molar refractivity (Wildman–Crippen MR) is 97.5 cm³/mol. The van der Waals surface area contributed by atoms with Gasteiger partial charge in [-0.1, -0.05) is 39.0 Å². The van der Waals surface area contributed by atoms with E-state index in [1.54, 1.807) is 4.90 Å². The zero-order valence-corrected chi connectivity index (χ0v) is 15.6. The van der Waals surface area contributed by atoms with Crippen LogP contribution in [0.1, 0.15) is 27.7 Å². The molecule has 0 radical (unpaired) electrons. The topological polar surface area (TPSA) is 61.9 Å². The molecule has 1 N–H and O–H groups in total. The Kier molecular flexibility index (Phi) is 6.28. The van der Waals surface area contributed by atoms with Gasteiger partial charge in [-0.3, -0.25) is 4.79 Å². The quantitative estimate of drug-likeness (QED) is 0.909. The summed E-state index contributed by atoms with van der Waals surface area (Å²) in [7, 11) is 0. The van der Waals surface area contributed by atoms with Gasteiger partial charge < -0.3 is 19.9 Å². The van der Waals surface area contributed by atoms with Crippen LogP contribution in [0.5, 0.6) is 5.75 Å². The number of hydrogen-bond donors (Lipinski definition) is 1. The Morgan fingerprint density at radius 1 is 1.08 bits per heavy atom. The number of urea groups is 1. The summed E-state index contributed by atoms with van der Waals surface area (Å²) in [5, 5.41) is 2.91. The number of amides is 3. The van der Waals surface area contributed by atoms with Crippen LogP contribution in [0.25, 0.3) is 0 Å². The molecule has 6 heteroatoms. The summed E-state index contributed by atoms with van der Waals surface area (Å²) in [6, 6.07) is 9.45. The van der Waals surface area contributed by atoms with Gasteiger partial charge in [-0.25, -0.2) is 4.79 Å². The van der Waals surface area contributed by atoms with E-state index in [0.29, 0.717) is 32.7 Å². The summed E-state index contributed by atoms with van der Waals surface area (Å²) in [5.41, 5.74) is -0.380. The number of hydrogen-bond acceptors (Lipinski definition) is 3. The molecule has 0 bridgehead atoms. The van der Waals surface area contributed by atoms with Crippen LogP contribution in [0.15, 0.2) is 30.3 Å². The molecule has 2 rings (SSSR count). The zero-order chi connectivity index (χ0) is 18.4. The second-order valence-corrected chi connectivity index (χ2v) is 7.46. The first kappa shape index (κ1) is 19.1. The van der Waals surface area contributed by atoms with E-state index in [4.69, 9.17) is 4.74 Å². The summed E-state index contributed by atoms with van der Waals surface area (Å²) in [6.45, 7) is 10.4. The highest BCUT2D eigenvalue weighted by molar-refractivity contribution is 5.82. The molecule has 0 aromatic heterocycles. The molecule has 3 amide bonds. The number of nitrogens with one attached hydrogen (secondary N) is 1. The summed E-state index contributed by atoms with van der Waals surface area (Å²) >= 11 is 0. The van der Waals surface area contributed by atoms with Crippen molar-refractivity contribution in [3.05, 3.63) is 30.3 Å². The monoisotopic (exact) mass is 347 g/mol. The Balaban J connectivity index is 1.73. The van der Waals surface area contributed by atoms with Crippen molar-refractivity contribution in [1.29, 1.82) is 0 Å². The Hall–Kier alpha value is -2.24. The Bertz CT molecular complexity index is 575. The van der Waals surface area contributed by atoms with E-state index in [-0.39, 0.29) is 23.5 Å². The number of carbonyl (C=O) groups is 2. The van der Waals surface area contributed by atoms with Crippen LogP contribution in [0, 0.1) is 5.41 Å². The first-order valence-corrected chi connectivity index (χ1v) is 8.81. The number of carbonyl (C=O) groups excluding carboxylic acids is 2. The Labute approximate surface area is 150 Å². The molecule has 1 atom stereocenters. The summed E-state index contributed by atoms with van der Waals surface area (Å²) in [6.07, 6.45) is -0.116. The van der Waals surface area contributed by atoms with E-state index in [0.717, 1.165) is 5.75 Å². The van der Waals surface area contributed by atoms with Crippen molar-refractivity contribution >= 4 is 11.9 Å². The lowest BCUT2D eigenvalue weighted by Gasteiger charge is -2.37. The van der Waals surface area contributed by atoms with Crippen LogP contribution < -0.4 is 10.1 Å². The maximum absolute atomic E-state index is 12.3. The molecule has 0 saturated carbocycles. The van der Waals surface area contributed by atoms with Gasteiger partial charge in [0.2, 0.25) is 5.91 Å². The maximum atomic E-state index is 12.3. The van der Waals surface area contributed by atoms with Crippen molar-refractivity contribution in [3.63, 3.8) is 0 Å². The third-order valence-corrected chi connectivity index (χ3v) is 4.12. The normalized spacial score (nSPS) is 16.3. The second-order valence-electron chi connectivity index (χ2n) is 7.46. The summed E-state index contributed by atoms with van der Waals surface area (Å²) in [5.74, 6) is 0.927. The average molecular weight is 347 g/mol. The van der Waals surface area contributed by atoms with Crippen LogP contribution in [0.2, 0.25) is 0 Å². The first-order chi connectivity index (χ1) is 11.8. The molecule has 1 fully saturated rings. The fourth-order valence-corrected chi connectivity index (χ4v) is 2.70. The largest absolute Gasteiger partial charge is 0.489 e. The number of piperazine rings is 1. The average Bonchev–Trinajstić information content (AvgIpc) is 2.59. The van der Waals surface area contributed by atoms with Gasteiger partial charge in [0.1, 0.15) is 11.9 Å². The van der Waals surface area contributed by atoms with Crippen LogP contribution in [-0.4, -0.2) is 60.6 Å². The molecule has 1 saturated heterocycles. The minimum atomic E-state index is -0.380. The van der Waals surface area contributed by atoms with E-state index in [1.165, 1.54) is 0 Å². The van der Waals surface area contributed by atoms with Gasteiger partial charge in [0, 0.05) is 31.6 Å². The Morgan fingerprint density at radius 2 is 1.64 bits per heavy atom. The van der Waals surface area contributed by atoms with Crippen molar-refractivity contribution in [3.8, 4) is 5.75 Å². The van der Waals surface area contributed by atoms with E-state index < -0.39 is 0 Å². The fraction of sp³-hybridized carbons (Fsp3) is 0.579. The lowest BCUT2D eigenvalue weighted by atomic mass is 9.94. The van der Waals surface area contributed by atoms with Crippen molar-refractivity contribution in [1.82, 2.24) is 15.1 Å². The van der Waals surface area contributed by atoms with Crippen molar-refractivity contribution in [2.75, 3.05) is 32.7 Å². The van der Waals surface area contributed by atoms with Gasteiger partial charge in [-0.2, -0.15) is 0 Å². The standard InChI is InChI=1S/C19H29N3O3/c1-15(25-16-8-6-5-7-9-16)14-20-18(24)22-12-10-21(11-13-22)17(23)19(2,3)4/h5-9,15H,10-14H2,1-4H3,(H,20,24). The molecular formula is C19H29N3O3. The number of benzene rings is 1. The highest BCUT2D eigenvalue weighted by Gasteiger charge is 2.30. The third kappa shape index (κ3) is 5.66. The Morgan fingerprint density at radius 3 is 2.20 bits per heavy atom. The highest BCUT2D eigenvalue weighted by Crippen LogP contribution is 2.18. The van der Waals surface area contributed by atoms with Crippen molar-refractivity contribution in [2.45, 2.75) is 33.8 Å². The molecule has 6 nitrogen and oxygen atoms in total. The van der Waals surface area contributed by atoms with Crippen LogP contribution in [0.4, 0.5) is 4.79 Å². The molecule has 138 valence electrons. The lowest BCUT2D eigenvalue weighted by Crippen LogP contribution is -2.55. The first-order valence-electron chi connectivity index (χ1n) is 8.81. The molecule has 1 aromatic rings. The van der Waals surface area contributed by atoms with Gasteiger partial charge in [0.25, 0.3) is 0 Å². The highest BCUT2D eigenvalue weighted by atomic mass is 16.5. The van der Waals surface area contributed by atoms with E-state index >= 15 is 0 Å². The van der Waals surface area contributed by atoms with Gasteiger partial charge in [-0.05, 0) is 19.1 Å². The van der Waals surface area contributed by atoms with Crippen LogP contribution in [-0.2, 0) is 4.79 Å². The SMILES string of the molecule is CC(CNC(=O)N1CCN(C(=O)C(C)(C)C)CC1)Oc1ccccc1.